The van der Waals surface area contributed by atoms with Crippen LogP contribution in [-0.4, -0.2) is 29.3 Å². The number of likely N-dealkylation sites (tertiary alicyclic amines) is 1. The molecule has 0 aliphatic carbocycles. The van der Waals surface area contributed by atoms with Crippen LogP contribution < -0.4 is 4.90 Å². The fraction of sp³-hybridized carbons (Fsp3) is 0.312. The molecule has 5 heteroatoms. The highest BCUT2D eigenvalue weighted by Crippen LogP contribution is 2.34. The van der Waals surface area contributed by atoms with E-state index in [2.05, 4.69) is 45.2 Å². The molecule has 0 radical (unpaired) electrons. The monoisotopic (exact) mass is 299 g/mol. The van der Waals surface area contributed by atoms with E-state index in [0.717, 1.165) is 29.4 Å². The average Bonchev–Trinajstić information content (AvgIpc) is 3.27. The minimum atomic E-state index is -0.0352. The molecule has 21 heavy (non-hydrogen) atoms. The van der Waals surface area contributed by atoms with Crippen LogP contribution in [0.2, 0.25) is 0 Å². The summed E-state index contributed by atoms with van der Waals surface area (Å²) in [5, 5.41) is 0. The van der Waals surface area contributed by atoms with Crippen molar-refractivity contribution in [1.29, 1.82) is 0 Å². The van der Waals surface area contributed by atoms with E-state index in [9.17, 15) is 0 Å². The Morgan fingerprint density at radius 1 is 1.14 bits per heavy atom. The number of aromatic nitrogens is 1. The molecule has 0 saturated carbocycles. The first-order valence-corrected chi connectivity index (χ1v) is 8.14. The van der Waals surface area contributed by atoms with Crippen LogP contribution in [0.25, 0.3) is 5.76 Å². The second kappa shape index (κ2) is 5.50. The molecule has 2 aliphatic rings. The summed E-state index contributed by atoms with van der Waals surface area (Å²) in [6.45, 7) is 2.19. The van der Waals surface area contributed by atoms with Gasteiger partial charge in [0.15, 0.2) is 5.76 Å². The molecule has 1 unspecified atom stereocenters. The maximum absolute atomic E-state index is 6.24. The van der Waals surface area contributed by atoms with E-state index in [1.54, 1.807) is 11.3 Å². The Bertz CT molecular complexity index is 620. The van der Waals surface area contributed by atoms with E-state index in [1.165, 1.54) is 12.8 Å². The Balaban J connectivity index is 1.67. The minimum absolute atomic E-state index is 0.0352. The summed E-state index contributed by atoms with van der Waals surface area (Å²) < 4.78 is 6.24. The van der Waals surface area contributed by atoms with Crippen molar-refractivity contribution in [3.63, 3.8) is 0 Å². The van der Waals surface area contributed by atoms with Gasteiger partial charge >= 0.3 is 0 Å². The lowest BCUT2D eigenvalue weighted by Gasteiger charge is -2.31. The van der Waals surface area contributed by atoms with Crippen molar-refractivity contribution in [2.45, 2.75) is 19.2 Å². The molecule has 3 heterocycles. The summed E-state index contributed by atoms with van der Waals surface area (Å²) in [5.41, 5.74) is 3.00. The van der Waals surface area contributed by atoms with Crippen LogP contribution in [0.15, 0.2) is 48.2 Å². The van der Waals surface area contributed by atoms with Crippen molar-refractivity contribution in [1.82, 2.24) is 9.88 Å². The standard InChI is InChI=1S/C16H17N3OS/c1-2-6-13(7-3-1)19-11-14(15-10-17-12-21-15)20-16(19)18-8-4-5-9-18/h1-3,6-7,10-12,16H,4-5,8-9H2. The molecule has 1 saturated heterocycles. The van der Waals surface area contributed by atoms with Crippen molar-refractivity contribution in [2.24, 2.45) is 0 Å². The van der Waals surface area contributed by atoms with Gasteiger partial charge in [0.1, 0.15) is 0 Å². The predicted octanol–water partition coefficient (Wildman–Crippen LogP) is 3.36. The van der Waals surface area contributed by atoms with Crippen LogP contribution in [0, 0.1) is 0 Å². The summed E-state index contributed by atoms with van der Waals surface area (Å²) in [5.74, 6) is 0.915. The van der Waals surface area contributed by atoms with Crippen molar-refractivity contribution in [2.75, 3.05) is 18.0 Å². The lowest BCUT2D eigenvalue weighted by molar-refractivity contribution is 0.0389. The number of hydrogen-bond donors (Lipinski definition) is 0. The van der Waals surface area contributed by atoms with Crippen molar-refractivity contribution in [3.8, 4) is 0 Å². The summed E-state index contributed by atoms with van der Waals surface area (Å²) in [4.78, 5) is 9.86. The van der Waals surface area contributed by atoms with E-state index in [1.807, 2.05) is 17.8 Å². The second-order valence-electron chi connectivity index (χ2n) is 5.29. The van der Waals surface area contributed by atoms with Crippen LogP contribution in [0.1, 0.15) is 17.7 Å². The smallest absolute Gasteiger partial charge is 0.236 e. The Morgan fingerprint density at radius 3 is 2.67 bits per heavy atom. The molecule has 1 aromatic heterocycles. The number of para-hydroxylation sites is 1. The van der Waals surface area contributed by atoms with E-state index in [0.29, 0.717) is 0 Å². The molecular weight excluding hydrogens is 282 g/mol. The van der Waals surface area contributed by atoms with Crippen LogP contribution >= 0.6 is 11.3 Å². The van der Waals surface area contributed by atoms with E-state index in [4.69, 9.17) is 4.74 Å². The van der Waals surface area contributed by atoms with Gasteiger partial charge in [-0.05, 0) is 25.0 Å². The number of benzene rings is 1. The number of thiazole rings is 1. The van der Waals surface area contributed by atoms with Crippen molar-refractivity contribution < 1.29 is 4.74 Å². The first kappa shape index (κ1) is 12.9. The first-order valence-electron chi connectivity index (χ1n) is 7.26. The van der Waals surface area contributed by atoms with Gasteiger partial charge in [0.2, 0.25) is 6.35 Å². The Morgan fingerprint density at radius 2 is 1.95 bits per heavy atom. The summed E-state index contributed by atoms with van der Waals surface area (Å²) in [6, 6.07) is 10.4. The minimum Gasteiger partial charge on any atom is -0.454 e. The maximum atomic E-state index is 6.24. The van der Waals surface area contributed by atoms with Gasteiger partial charge in [-0.3, -0.25) is 14.8 Å². The number of ether oxygens (including phenoxy) is 1. The third-order valence-electron chi connectivity index (χ3n) is 3.91. The third-order valence-corrected chi connectivity index (χ3v) is 4.70. The molecule has 0 bridgehead atoms. The van der Waals surface area contributed by atoms with Gasteiger partial charge in [-0.25, -0.2) is 0 Å². The highest BCUT2D eigenvalue weighted by molar-refractivity contribution is 7.10. The summed E-state index contributed by atoms with van der Waals surface area (Å²) in [6.07, 6.45) is 6.43. The molecule has 0 N–H and O–H groups in total. The van der Waals surface area contributed by atoms with E-state index < -0.39 is 0 Å². The van der Waals surface area contributed by atoms with Crippen LogP contribution in [0.4, 0.5) is 5.69 Å². The Hall–Kier alpha value is -1.85. The number of rotatable bonds is 3. The number of nitrogens with zero attached hydrogens (tertiary/aromatic N) is 3. The maximum Gasteiger partial charge on any atom is 0.236 e. The van der Waals surface area contributed by atoms with Gasteiger partial charge in [-0.2, -0.15) is 0 Å². The summed E-state index contributed by atoms with van der Waals surface area (Å²) >= 11 is 1.61. The molecule has 0 amide bonds. The SMILES string of the molecule is C1=C(c2cncs2)OC(N2CCCC2)N1c1ccccc1. The van der Waals surface area contributed by atoms with Crippen LogP contribution in [-0.2, 0) is 4.74 Å². The molecule has 4 nitrogen and oxygen atoms in total. The zero-order valence-electron chi connectivity index (χ0n) is 11.7. The van der Waals surface area contributed by atoms with Crippen LogP contribution in [0.3, 0.4) is 0 Å². The topological polar surface area (TPSA) is 28.6 Å². The lowest BCUT2D eigenvalue weighted by atomic mass is 10.3. The Labute approximate surface area is 128 Å². The number of anilines is 1. The largest absolute Gasteiger partial charge is 0.454 e. The zero-order valence-corrected chi connectivity index (χ0v) is 12.5. The van der Waals surface area contributed by atoms with Gasteiger partial charge < -0.3 is 4.74 Å². The van der Waals surface area contributed by atoms with E-state index >= 15 is 0 Å². The van der Waals surface area contributed by atoms with Gasteiger partial charge in [-0.1, -0.05) is 18.2 Å². The molecule has 4 rings (SSSR count). The Kier molecular flexibility index (Phi) is 3.37. The fourth-order valence-corrected chi connectivity index (χ4v) is 3.44. The quantitative estimate of drug-likeness (QED) is 0.869. The molecule has 0 spiro atoms. The van der Waals surface area contributed by atoms with Gasteiger partial charge in [0, 0.05) is 25.0 Å². The highest BCUT2D eigenvalue weighted by atomic mass is 32.1. The molecule has 2 aliphatic heterocycles. The highest BCUT2D eigenvalue weighted by Gasteiger charge is 2.34. The normalized spacial score (nSPS) is 22.4. The third kappa shape index (κ3) is 2.43. The molecule has 108 valence electrons. The zero-order chi connectivity index (χ0) is 14.1. The average molecular weight is 299 g/mol. The van der Waals surface area contributed by atoms with Gasteiger partial charge in [-0.15, -0.1) is 11.3 Å². The van der Waals surface area contributed by atoms with Crippen molar-refractivity contribution >= 4 is 22.8 Å². The molecule has 1 atom stereocenters. The molecule has 1 aromatic carbocycles. The summed E-state index contributed by atoms with van der Waals surface area (Å²) in [7, 11) is 0. The second-order valence-corrected chi connectivity index (χ2v) is 6.18. The fourth-order valence-electron chi connectivity index (χ4n) is 2.87. The van der Waals surface area contributed by atoms with Gasteiger partial charge in [0.05, 0.1) is 16.6 Å². The van der Waals surface area contributed by atoms with Crippen LogP contribution in [0.5, 0.6) is 0 Å². The van der Waals surface area contributed by atoms with Crippen molar-refractivity contribution in [3.05, 3.63) is 53.1 Å². The molecule has 1 fully saturated rings. The molecule has 2 aromatic rings. The predicted molar refractivity (Wildman–Crippen MR) is 84.7 cm³/mol. The first-order chi connectivity index (χ1) is 10.4. The number of hydrogen-bond acceptors (Lipinski definition) is 5. The molecular formula is C16H17N3OS. The van der Waals surface area contributed by atoms with Gasteiger partial charge in [0.25, 0.3) is 0 Å². The lowest BCUT2D eigenvalue weighted by Crippen LogP contribution is -2.43. The van der Waals surface area contributed by atoms with E-state index in [-0.39, 0.29) is 6.35 Å².